The van der Waals surface area contributed by atoms with Crippen molar-refractivity contribution >= 4 is 5.69 Å². The molecule has 82 valence electrons. The van der Waals surface area contributed by atoms with Gasteiger partial charge in [0.25, 0.3) is 0 Å². The molecule has 0 atom stereocenters. The lowest BCUT2D eigenvalue weighted by Gasteiger charge is -2.21. The first kappa shape index (κ1) is 11.8. The summed E-state index contributed by atoms with van der Waals surface area (Å²) in [6.07, 6.45) is 1.88. The van der Waals surface area contributed by atoms with Gasteiger partial charge in [0, 0.05) is 32.4 Å². The van der Waals surface area contributed by atoms with Crippen molar-refractivity contribution in [2.75, 3.05) is 31.6 Å². The van der Waals surface area contributed by atoms with Gasteiger partial charge >= 0.3 is 0 Å². The second kappa shape index (κ2) is 6.25. The molecular formula is C13H20N2. The van der Waals surface area contributed by atoms with Gasteiger partial charge in [-0.25, -0.2) is 0 Å². The normalized spacial score (nSPS) is 10.0. The van der Waals surface area contributed by atoms with Gasteiger partial charge in [-0.05, 0) is 18.6 Å². The SMILES string of the molecule is C=CCNCCN(C)c1ccccc1C. The Morgan fingerprint density at radius 3 is 2.80 bits per heavy atom. The van der Waals surface area contributed by atoms with E-state index in [1.54, 1.807) is 0 Å². The fourth-order valence-corrected chi connectivity index (χ4v) is 1.56. The van der Waals surface area contributed by atoms with Crippen LogP contribution in [0.4, 0.5) is 5.69 Å². The molecule has 0 aromatic heterocycles. The molecule has 1 N–H and O–H groups in total. The Bertz CT molecular complexity index is 307. The van der Waals surface area contributed by atoms with Gasteiger partial charge in [-0.1, -0.05) is 24.3 Å². The minimum absolute atomic E-state index is 0.877. The quantitative estimate of drug-likeness (QED) is 0.564. The van der Waals surface area contributed by atoms with Gasteiger partial charge in [0.15, 0.2) is 0 Å². The Balaban J connectivity index is 2.43. The maximum Gasteiger partial charge on any atom is 0.0393 e. The van der Waals surface area contributed by atoms with E-state index in [-0.39, 0.29) is 0 Å². The summed E-state index contributed by atoms with van der Waals surface area (Å²) in [5.74, 6) is 0. The fourth-order valence-electron chi connectivity index (χ4n) is 1.56. The van der Waals surface area contributed by atoms with Gasteiger partial charge < -0.3 is 10.2 Å². The minimum atomic E-state index is 0.877. The van der Waals surface area contributed by atoms with Crippen LogP contribution in [0.25, 0.3) is 0 Å². The van der Waals surface area contributed by atoms with Crippen LogP contribution in [0, 0.1) is 6.92 Å². The van der Waals surface area contributed by atoms with Crippen LogP contribution in [0.5, 0.6) is 0 Å². The first-order chi connectivity index (χ1) is 7.25. The number of nitrogens with zero attached hydrogens (tertiary/aromatic N) is 1. The third kappa shape index (κ3) is 3.76. The Labute approximate surface area is 92.6 Å². The van der Waals surface area contributed by atoms with Crippen LogP contribution < -0.4 is 10.2 Å². The van der Waals surface area contributed by atoms with Crippen LogP contribution in [0.15, 0.2) is 36.9 Å². The molecule has 0 heterocycles. The second-order valence-corrected chi connectivity index (χ2v) is 3.70. The van der Waals surface area contributed by atoms with Crippen molar-refractivity contribution in [3.05, 3.63) is 42.5 Å². The van der Waals surface area contributed by atoms with Gasteiger partial charge in [-0.3, -0.25) is 0 Å². The Morgan fingerprint density at radius 2 is 2.13 bits per heavy atom. The maximum absolute atomic E-state index is 3.67. The molecule has 1 aromatic carbocycles. The third-order valence-electron chi connectivity index (χ3n) is 2.44. The van der Waals surface area contributed by atoms with Crippen LogP contribution in [0.3, 0.4) is 0 Å². The van der Waals surface area contributed by atoms with E-state index in [2.05, 4.69) is 55.0 Å². The molecular weight excluding hydrogens is 184 g/mol. The average Bonchev–Trinajstić information content (AvgIpc) is 2.25. The molecule has 0 spiro atoms. The molecule has 2 nitrogen and oxygen atoms in total. The van der Waals surface area contributed by atoms with E-state index in [0.29, 0.717) is 0 Å². The standard InChI is InChI=1S/C13H20N2/c1-4-9-14-10-11-15(3)13-8-6-5-7-12(13)2/h4-8,14H,1,9-11H2,2-3H3. The number of likely N-dealkylation sites (N-methyl/N-ethyl adjacent to an activating group) is 1. The highest BCUT2D eigenvalue weighted by molar-refractivity contribution is 5.52. The lowest BCUT2D eigenvalue weighted by molar-refractivity contribution is 0.729. The summed E-state index contributed by atoms with van der Waals surface area (Å²) in [7, 11) is 2.12. The summed E-state index contributed by atoms with van der Waals surface area (Å²) in [5, 5.41) is 3.30. The lowest BCUT2D eigenvalue weighted by Crippen LogP contribution is -2.29. The van der Waals surface area contributed by atoms with E-state index in [1.807, 2.05) is 6.08 Å². The summed E-state index contributed by atoms with van der Waals surface area (Å²) < 4.78 is 0. The molecule has 15 heavy (non-hydrogen) atoms. The first-order valence-electron chi connectivity index (χ1n) is 5.34. The lowest BCUT2D eigenvalue weighted by atomic mass is 10.2. The number of benzene rings is 1. The molecule has 0 radical (unpaired) electrons. The van der Waals surface area contributed by atoms with Gasteiger partial charge in [0.1, 0.15) is 0 Å². The molecule has 0 aliphatic carbocycles. The minimum Gasteiger partial charge on any atom is -0.373 e. The molecule has 0 saturated carbocycles. The van der Waals surface area contributed by atoms with Crippen molar-refractivity contribution in [1.82, 2.24) is 5.32 Å². The number of para-hydroxylation sites is 1. The van der Waals surface area contributed by atoms with E-state index in [0.717, 1.165) is 19.6 Å². The third-order valence-corrected chi connectivity index (χ3v) is 2.44. The first-order valence-corrected chi connectivity index (χ1v) is 5.34. The highest BCUT2D eigenvalue weighted by atomic mass is 15.1. The van der Waals surface area contributed by atoms with Gasteiger partial charge in [-0.15, -0.1) is 6.58 Å². The van der Waals surface area contributed by atoms with Crippen molar-refractivity contribution in [3.63, 3.8) is 0 Å². The molecule has 0 aliphatic rings. The molecule has 0 unspecified atom stereocenters. The zero-order valence-corrected chi connectivity index (χ0v) is 9.66. The smallest absolute Gasteiger partial charge is 0.0393 e. The van der Waals surface area contributed by atoms with Crippen LogP contribution in [-0.4, -0.2) is 26.7 Å². The van der Waals surface area contributed by atoms with Crippen molar-refractivity contribution in [3.8, 4) is 0 Å². The number of aryl methyl sites for hydroxylation is 1. The number of rotatable bonds is 6. The van der Waals surface area contributed by atoms with E-state index in [9.17, 15) is 0 Å². The van der Waals surface area contributed by atoms with Crippen LogP contribution >= 0.6 is 0 Å². The average molecular weight is 204 g/mol. The van der Waals surface area contributed by atoms with Crippen LogP contribution in [0.1, 0.15) is 5.56 Å². The molecule has 0 aliphatic heterocycles. The second-order valence-electron chi connectivity index (χ2n) is 3.70. The zero-order valence-electron chi connectivity index (χ0n) is 9.66. The van der Waals surface area contributed by atoms with Gasteiger partial charge in [0.05, 0.1) is 0 Å². The van der Waals surface area contributed by atoms with Crippen molar-refractivity contribution < 1.29 is 0 Å². The summed E-state index contributed by atoms with van der Waals surface area (Å²) in [6.45, 7) is 8.69. The molecule has 1 aromatic rings. The largest absolute Gasteiger partial charge is 0.373 e. The summed E-state index contributed by atoms with van der Waals surface area (Å²) >= 11 is 0. The van der Waals surface area contributed by atoms with E-state index < -0.39 is 0 Å². The molecule has 0 fully saturated rings. The van der Waals surface area contributed by atoms with E-state index in [1.165, 1.54) is 11.3 Å². The summed E-state index contributed by atoms with van der Waals surface area (Å²) in [4.78, 5) is 2.27. The predicted octanol–water partition coefficient (Wildman–Crippen LogP) is 2.21. The molecule has 1 rings (SSSR count). The van der Waals surface area contributed by atoms with Crippen molar-refractivity contribution in [2.45, 2.75) is 6.92 Å². The number of hydrogen-bond acceptors (Lipinski definition) is 2. The Kier molecular flexibility index (Phi) is 4.91. The molecule has 0 amide bonds. The van der Waals surface area contributed by atoms with Crippen molar-refractivity contribution in [1.29, 1.82) is 0 Å². The fraction of sp³-hybridized carbons (Fsp3) is 0.385. The predicted molar refractivity (Wildman–Crippen MR) is 67.5 cm³/mol. The number of nitrogens with one attached hydrogen (secondary N) is 1. The van der Waals surface area contributed by atoms with Crippen molar-refractivity contribution in [2.24, 2.45) is 0 Å². The summed E-state index contributed by atoms with van der Waals surface area (Å²) in [5.41, 5.74) is 2.63. The Morgan fingerprint density at radius 1 is 1.40 bits per heavy atom. The number of hydrogen-bond donors (Lipinski definition) is 1. The molecule has 0 bridgehead atoms. The topological polar surface area (TPSA) is 15.3 Å². The van der Waals surface area contributed by atoms with Gasteiger partial charge in [-0.2, -0.15) is 0 Å². The van der Waals surface area contributed by atoms with E-state index >= 15 is 0 Å². The Hall–Kier alpha value is -1.28. The highest BCUT2D eigenvalue weighted by Gasteiger charge is 2.01. The maximum atomic E-state index is 3.67. The van der Waals surface area contributed by atoms with E-state index in [4.69, 9.17) is 0 Å². The van der Waals surface area contributed by atoms with Crippen LogP contribution in [0.2, 0.25) is 0 Å². The monoisotopic (exact) mass is 204 g/mol. The number of anilines is 1. The van der Waals surface area contributed by atoms with Gasteiger partial charge in [0.2, 0.25) is 0 Å². The van der Waals surface area contributed by atoms with Crippen LogP contribution in [-0.2, 0) is 0 Å². The highest BCUT2D eigenvalue weighted by Crippen LogP contribution is 2.16. The zero-order chi connectivity index (χ0) is 11.1. The molecule has 0 saturated heterocycles. The molecule has 2 heteroatoms. The summed E-state index contributed by atoms with van der Waals surface area (Å²) in [6, 6.07) is 8.45.